The van der Waals surface area contributed by atoms with Gasteiger partial charge < -0.3 is 15.3 Å². The van der Waals surface area contributed by atoms with Crippen molar-refractivity contribution in [3.05, 3.63) is 35.9 Å². The van der Waals surface area contributed by atoms with E-state index in [0.717, 1.165) is 12.8 Å². The Labute approximate surface area is 131 Å². The SMILES string of the molecule is C[C@H](CCO)NC(=O)C1CCCCN1C(=O)c1ccccc1. The van der Waals surface area contributed by atoms with Crippen LogP contribution in [-0.4, -0.2) is 47.1 Å². The van der Waals surface area contributed by atoms with Crippen LogP contribution in [-0.2, 0) is 4.79 Å². The van der Waals surface area contributed by atoms with Crippen LogP contribution in [0, 0.1) is 0 Å². The van der Waals surface area contributed by atoms with Gasteiger partial charge in [-0.05, 0) is 44.7 Å². The van der Waals surface area contributed by atoms with Gasteiger partial charge in [0.25, 0.3) is 5.91 Å². The number of nitrogens with zero attached hydrogens (tertiary/aromatic N) is 1. The average molecular weight is 304 g/mol. The molecule has 2 amide bonds. The van der Waals surface area contributed by atoms with Crippen LogP contribution < -0.4 is 5.32 Å². The van der Waals surface area contributed by atoms with Gasteiger partial charge in [0.15, 0.2) is 0 Å². The predicted molar refractivity (Wildman–Crippen MR) is 84.4 cm³/mol. The van der Waals surface area contributed by atoms with Crippen molar-refractivity contribution < 1.29 is 14.7 Å². The van der Waals surface area contributed by atoms with Crippen molar-refractivity contribution in [2.24, 2.45) is 0 Å². The lowest BCUT2D eigenvalue weighted by Gasteiger charge is -2.35. The second-order valence-electron chi connectivity index (χ2n) is 5.80. The Kier molecular flexibility index (Phi) is 5.95. The highest BCUT2D eigenvalue weighted by Gasteiger charge is 2.32. The molecule has 0 bridgehead atoms. The summed E-state index contributed by atoms with van der Waals surface area (Å²) in [5.41, 5.74) is 0.616. The molecule has 1 aromatic carbocycles. The number of carbonyl (C=O) groups is 2. The van der Waals surface area contributed by atoms with Crippen molar-refractivity contribution in [1.29, 1.82) is 0 Å². The summed E-state index contributed by atoms with van der Waals surface area (Å²) in [6.07, 6.45) is 3.08. The molecule has 0 aromatic heterocycles. The van der Waals surface area contributed by atoms with E-state index in [-0.39, 0.29) is 24.5 Å². The first kappa shape index (κ1) is 16.5. The van der Waals surface area contributed by atoms with Crippen LogP contribution in [0.2, 0.25) is 0 Å². The second-order valence-corrected chi connectivity index (χ2v) is 5.80. The summed E-state index contributed by atoms with van der Waals surface area (Å²) in [5.74, 6) is -0.208. The molecule has 1 aliphatic heterocycles. The first-order valence-corrected chi connectivity index (χ1v) is 7.90. The van der Waals surface area contributed by atoms with Gasteiger partial charge in [-0.25, -0.2) is 0 Å². The van der Waals surface area contributed by atoms with Crippen molar-refractivity contribution >= 4 is 11.8 Å². The highest BCUT2D eigenvalue weighted by molar-refractivity contribution is 5.97. The van der Waals surface area contributed by atoms with E-state index in [0.29, 0.717) is 24.9 Å². The van der Waals surface area contributed by atoms with E-state index in [1.807, 2.05) is 25.1 Å². The molecule has 1 saturated heterocycles. The predicted octanol–water partition coefficient (Wildman–Crippen LogP) is 1.57. The maximum Gasteiger partial charge on any atom is 0.254 e. The third kappa shape index (κ3) is 4.07. The number of carbonyl (C=O) groups excluding carboxylic acids is 2. The zero-order chi connectivity index (χ0) is 15.9. The lowest BCUT2D eigenvalue weighted by atomic mass is 9.99. The van der Waals surface area contributed by atoms with Gasteiger partial charge >= 0.3 is 0 Å². The Hall–Kier alpha value is -1.88. The van der Waals surface area contributed by atoms with Gasteiger partial charge in [0.2, 0.25) is 5.91 Å². The van der Waals surface area contributed by atoms with Crippen molar-refractivity contribution in [3.63, 3.8) is 0 Å². The summed E-state index contributed by atoms with van der Waals surface area (Å²) in [7, 11) is 0. The largest absolute Gasteiger partial charge is 0.396 e. The Morgan fingerprint density at radius 3 is 2.73 bits per heavy atom. The summed E-state index contributed by atoms with van der Waals surface area (Å²) < 4.78 is 0. The van der Waals surface area contributed by atoms with Gasteiger partial charge in [-0.1, -0.05) is 18.2 Å². The zero-order valence-electron chi connectivity index (χ0n) is 13.0. The standard InChI is InChI=1S/C17H24N2O3/c1-13(10-12-20)18-16(21)15-9-5-6-11-19(15)17(22)14-7-3-2-4-8-14/h2-4,7-8,13,15,20H,5-6,9-12H2,1H3,(H,18,21)/t13-,15?/m1/s1. The minimum Gasteiger partial charge on any atom is -0.396 e. The van der Waals surface area contributed by atoms with Gasteiger partial charge in [0, 0.05) is 24.8 Å². The first-order chi connectivity index (χ1) is 10.6. The van der Waals surface area contributed by atoms with Crippen molar-refractivity contribution in [3.8, 4) is 0 Å². The third-order valence-corrected chi connectivity index (χ3v) is 4.04. The van der Waals surface area contributed by atoms with Crippen LogP contribution in [0.4, 0.5) is 0 Å². The molecule has 120 valence electrons. The number of amides is 2. The lowest BCUT2D eigenvalue weighted by molar-refractivity contribution is -0.127. The fourth-order valence-electron chi connectivity index (χ4n) is 2.80. The Balaban J connectivity index is 2.08. The van der Waals surface area contributed by atoms with E-state index < -0.39 is 6.04 Å². The molecule has 1 unspecified atom stereocenters. The molecule has 0 aliphatic carbocycles. The topological polar surface area (TPSA) is 69.6 Å². The molecule has 2 rings (SSSR count). The first-order valence-electron chi connectivity index (χ1n) is 7.90. The molecule has 1 aromatic rings. The van der Waals surface area contributed by atoms with Gasteiger partial charge in [-0.15, -0.1) is 0 Å². The van der Waals surface area contributed by atoms with Gasteiger partial charge in [0.05, 0.1) is 0 Å². The van der Waals surface area contributed by atoms with Crippen LogP contribution in [0.3, 0.4) is 0 Å². The summed E-state index contributed by atoms with van der Waals surface area (Å²) in [6.45, 7) is 2.51. The average Bonchev–Trinajstić information content (AvgIpc) is 2.55. The van der Waals surface area contributed by atoms with E-state index in [9.17, 15) is 9.59 Å². The highest BCUT2D eigenvalue weighted by atomic mass is 16.3. The maximum absolute atomic E-state index is 12.6. The Morgan fingerprint density at radius 2 is 2.05 bits per heavy atom. The van der Waals surface area contributed by atoms with Crippen molar-refractivity contribution in [2.45, 2.75) is 44.7 Å². The number of rotatable bonds is 5. The van der Waals surface area contributed by atoms with E-state index in [2.05, 4.69) is 5.32 Å². The molecule has 5 heteroatoms. The van der Waals surface area contributed by atoms with Crippen LogP contribution in [0.1, 0.15) is 43.0 Å². The molecular formula is C17H24N2O3. The van der Waals surface area contributed by atoms with Gasteiger partial charge in [-0.2, -0.15) is 0 Å². The molecule has 22 heavy (non-hydrogen) atoms. The number of hydrogen-bond donors (Lipinski definition) is 2. The molecular weight excluding hydrogens is 280 g/mol. The molecule has 0 saturated carbocycles. The molecule has 2 N–H and O–H groups in total. The maximum atomic E-state index is 12.6. The highest BCUT2D eigenvalue weighted by Crippen LogP contribution is 2.20. The molecule has 5 nitrogen and oxygen atoms in total. The van der Waals surface area contributed by atoms with Crippen LogP contribution in [0.5, 0.6) is 0 Å². The third-order valence-electron chi connectivity index (χ3n) is 4.04. The Morgan fingerprint density at radius 1 is 1.32 bits per heavy atom. The number of piperidine rings is 1. The number of aliphatic hydroxyl groups excluding tert-OH is 1. The molecule has 2 atom stereocenters. The van der Waals surface area contributed by atoms with E-state index in [4.69, 9.17) is 5.11 Å². The van der Waals surface area contributed by atoms with Crippen LogP contribution >= 0.6 is 0 Å². The van der Waals surface area contributed by atoms with Gasteiger partial charge in [0.1, 0.15) is 6.04 Å². The van der Waals surface area contributed by atoms with Gasteiger partial charge in [-0.3, -0.25) is 9.59 Å². The molecule has 1 fully saturated rings. The lowest BCUT2D eigenvalue weighted by Crippen LogP contribution is -2.53. The van der Waals surface area contributed by atoms with Crippen molar-refractivity contribution in [2.75, 3.05) is 13.2 Å². The summed E-state index contributed by atoms with van der Waals surface area (Å²) >= 11 is 0. The Bertz CT molecular complexity index is 504. The smallest absolute Gasteiger partial charge is 0.254 e. The summed E-state index contributed by atoms with van der Waals surface area (Å²) in [5, 5.41) is 11.8. The summed E-state index contributed by atoms with van der Waals surface area (Å²) in [4.78, 5) is 26.8. The van der Waals surface area contributed by atoms with E-state index >= 15 is 0 Å². The molecule has 0 radical (unpaired) electrons. The number of aliphatic hydroxyl groups is 1. The number of benzene rings is 1. The number of likely N-dealkylation sites (tertiary alicyclic amines) is 1. The number of nitrogens with one attached hydrogen (secondary N) is 1. The minimum absolute atomic E-state index is 0.0404. The van der Waals surface area contributed by atoms with Crippen LogP contribution in [0.25, 0.3) is 0 Å². The molecule has 1 heterocycles. The van der Waals surface area contributed by atoms with Crippen LogP contribution in [0.15, 0.2) is 30.3 Å². The van der Waals surface area contributed by atoms with Crippen molar-refractivity contribution in [1.82, 2.24) is 10.2 Å². The molecule has 0 spiro atoms. The zero-order valence-corrected chi connectivity index (χ0v) is 13.0. The van der Waals surface area contributed by atoms with E-state index in [1.165, 1.54) is 0 Å². The molecule has 1 aliphatic rings. The second kappa shape index (κ2) is 7.94. The fraction of sp³-hybridized carbons (Fsp3) is 0.529. The number of hydrogen-bond acceptors (Lipinski definition) is 3. The quantitative estimate of drug-likeness (QED) is 0.867. The van der Waals surface area contributed by atoms with E-state index in [1.54, 1.807) is 17.0 Å². The normalized spacial score (nSPS) is 19.5. The monoisotopic (exact) mass is 304 g/mol. The fourth-order valence-corrected chi connectivity index (χ4v) is 2.80. The minimum atomic E-state index is -0.414. The summed E-state index contributed by atoms with van der Waals surface area (Å²) in [6, 6.07) is 8.58.